The number of aromatic hydroxyl groups is 1. The molecule has 1 rings (SSSR count). The van der Waals surface area contributed by atoms with E-state index in [9.17, 15) is 9.90 Å². The Hall–Kier alpha value is -1.85. The van der Waals surface area contributed by atoms with Crippen molar-refractivity contribution in [2.24, 2.45) is 0 Å². The third kappa shape index (κ3) is 3.90. The molecule has 5 nitrogen and oxygen atoms in total. The molecule has 0 amide bonds. The number of hydrogen-bond acceptors (Lipinski definition) is 4. The maximum absolute atomic E-state index is 10.4. The van der Waals surface area contributed by atoms with E-state index in [1.165, 1.54) is 25.3 Å². The molecule has 0 heterocycles. The SMILES string of the molecule is CO[C@@H](/C=C/C(=O)O)[C@@H](O)c1ccc(O)cc1. The standard InChI is InChI=1S/C12H14O5/c1-17-10(6-7-11(14)15)12(16)8-2-4-9(13)5-3-8/h2-7,10,12-13,16H,1H3,(H,14,15)/b7-6+/t10-,12-/m0/s1. The normalized spacial score (nSPS) is 14.7. The summed E-state index contributed by atoms with van der Waals surface area (Å²) in [5.74, 6) is -1.01. The van der Waals surface area contributed by atoms with Crippen LogP contribution in [0.4, 0.5) is 0 Å². The zero-order valence-electron chi connectivity index (χ0n) is 9.28. The molecular weight excluding hydrogens is 224 g/mol. The zero-order chi connectivity index (χ0) is 12.8. The fourth-order valence-corrected chi connectivity index (χ4v) is 1.35. The quantitative estimate of drug-likeness (QED) is 0.668. The smallest absolute Gasteiger partial charge is 0.328 e. The Morgan fingerprint density at radius 2 is 1.94 bits per heavy atom. The number of hydrogen-bond donors (Lipinski definition) is 3. The van der Waals surface area contributed by atoms with Crippen molar-refractivity contribution in [3.05, 3.63) is 42.0 Å². The van der Waals surface area contributed by atoms with Gasteiger partial charge < -0.3 is 20.1 Å². The van der Waals surface area contributed by atoms with Gasteiger partial charge in [0.2, 0.25) is 0 Å². The van der Waals surface area contributed by atoms with E-state index in [1.54, 1.807) is 12.1 Å². The van der Waals surface area contributed by atoms with E-state index in [0.717, 1.165) is 6.08 Å². The van der Waals surface area contributed by atoms with Crippen molar-refractivity contribution in [1.82, 2.24) is 0 Å². The largest absolute Gasteiger partial charge is 0.508 e. The molecule has 5 heteroatoms. The highest BCUT2D eigenvalue weighted by atomic mass is 16.5. The van der Waals surface area contributed by atoms with Crippen molar-refractivity contribution in [3.63, 3.8) is 0 Å². The van der Waals surface area contributed by atoms with E-state index in [4.69, 9.17) is 14.9 Å². The van der Waals surface area contributed by atoms with E-state index in [0.29, 0.717) is 5.56 Å². The van der Waals surface area contributed by atoms with Crippen molar-refractivity contribution in [2.75, 3.05) is 7.11 Å². The van der Waals surface area contributed by atoms with Crippen LogP contribution in [0.1, 0.15) is 11.7 Å². The number of aliphatic carboxylic acids is 1. The summed E-state index contributed by atoms with van der Waals surface area (Å²) in [6.07, 6.45) is 0.435. The molecule has 0 aromatic heterocycles. The number of phenols is 1. The topological polar surface area (TPSA) is 87.0 Å². The first-order valence-corrected chi connectivity index (χ1v) is 4.95. The van der Waals surface area contributed by atoms with Gasteiger partial charge in [-0.25, -0.2) is 4.79 Å². The lowest BCUT2D eigenvalue weighted by Gasteiger charge is -2.18. The van der Waals surface area contributed by atoms with E-state index in [-0.39, 0.29) is 5.75 Å². The number of carboxylic acids is 1. The van der Waals surface area contributed by atoms with Crippen LogP contribution in [-0.2, 0) is 9.53 Å². The number of carboxylic acid groups (broad SMARTS) is 1. The maximum Gasteiger partial charge on any atom is 0.328 e. The number of rotatable bonds is 5. The maximum atomic E-state index is 10.4. The van der Waals surface area contributed by atoms with Gasteiger partial charge in [-0.3, -0.25) is 0 Å². The Labute approximate surface area is 98.6 Å². The number of aliphatic hydroxyl groups excluding tert-OH is 1. The number of carbonyl (C=O) groups is 1. The minimum atomic E-state index is -1.11. The average Bonchev–Trinajstić information content (AvgIpc) is 2.30. The summed E-state index contributed by atoms with van der Waals surface area (Å²) in [6.45, 7) is 0. The summed E-state index contributed by atoms with van der Waals surface area (Å²) >= 11 is 0. The van der Waals surface area contributed by atoms with Gasteiger partial charge in [-0.2, -0.15) is 0 Å². The predicted molar refractivity (Wildman–Crippen MR) is 60.6 cm³/mol. The second kappa shape index (κ2) is 6.03. The van der Waals surface area contributed by atoms with Crippen molar-refractivity contribution in [1.29, 1.82) is 0 Å². The second-order valence-electron chi connectivity index (χ2n) is 3.43. The Morgan fingerprint density at radius 1 is 1.35 bits per heavy atom. The first kappa shape index (κ1) is 13.2. The highest BCUT2D eigenvalue weighted by Gasteiger charge is 2.18. The molecular formula is C12H14O5. The van der Waals surface area contributed by atoms with Gasteiger partial charge >= 0.3 is 5.97 Å². The molecule has 0 aliphatic rings. The van der Waals surface area contributed by atoms with Gasteiger partial charge in [0.15, 0.2) is 0 Å². The van der Waals surface area contributed by atoms with Crippen LogP contribution >= 0.6 is 0 Å². The van der Waals surface area contributed by atoms with Gasteiger partial charge in [-0.15, -0.1) is 0 Å². The van der Waals surface area contributed by atoms with Crippen molar-refractivity contribution in [3.8, 4) is 5.75 Å². The molecule has 0 aliphatic carbocycles. The number of aliphatic hydroxyl groups is 1. The van der Waals surface area contributed by atoms with Crippen LogP contribution in [-0.4, -0.2) is 34.5 Å². The Morgan fingerprint density at radius 3 is 2.41 bits per heavy atom. The van der Waals surface area contributed by atoms with Crippen LogP contribution in [0, 0.1) is 0 Å². The van der Waals surface area contributed by atoms with Crippen LogP contribution in [0.5, 0.6) is 5.75 Å². The van der Waals surface area contributed by atoms with Crippen LogP contribution < -0.4 is 0 Å². The molecule has 0 saturated heterocycles. The van der Waals surface area contributed by atoms with Crippen LogP contribution in [0.25, 0.3) is 0 Å². The van der Waals surface area contributed by atoms with E-state index < -0.39 is 18.2 Å². The highest BCUT2D eigenvalue weighted by Crippen LogP contribution is 2.21. The van der Waals surface area contributed by atoms with Gasteiger partial charge in [0, 0.05) is 13.2 Å². The Balaban J connectivity index is 2.82. The van der Waals surface area contributed by atoms with Crippen molar-refractivity contribution < 1.29 is 24.9 Å². The van der Waals surface area contributed by atoms with Crippen LogP contribution in [0.2, 0.25) is 0 Å². The van der Waals surface area contributed by atoms with E-state index in [2.05, 4.69) is 0 Å². The molecule has 0 unspecified atom stereocenters. The van der Waals surface area contributed by atoms with Gasteiger partial charge in [0.25, 0.3) is 0 Å². The third-order valence-corrected chi connectivity index (χ3v) is 2.25. The number of phenolic OH excluding ortho intramolecular Hbond substituents is 1. The average molecular weight is 238 g/mol. The number of benzene rings is 1. The molecule has 1 aromatic rings. The van der Waals surface area contributed by atoms with E-state index >= 15 is 0 Å². The van der Waals surface area contributed by atoms with Crippen LogP contribution in [0.15, 0.2) is 36.4 Å². The molecule has 0 bridgehead atoms. The van der Waals surface area contributed by atoms with Gasteiger partial charge in [0.1, 0.15) is 18.0 Å². The lowest BCUT2D eigenvalue weighted by atomic mass is 10.0. The number of methoxy groups -OCH3 is 1. The van der Waals surface area contributed by atoms with Gasteiger partial charge in [-0.1, -0.05) is 12.1 Å². The molecule has 0 spiro atoms. The Kier molecular flexibility index (Phi) is 4.68. The van der Waals surface area contributed by atoms with E-state index in [1.807, 2.05) is 0 Å². The first-order chi connectivity index (χ1) is 8.04. The van der Waals surface area contributed by atoms with Gasteiger partial charge in [0.05, 0.1) is 0 Å². The fraction of sp³-hybridized carbons (Fsp3) is 0.250. The first-order valence-electron chi connectivity index (χ1n) is 4.95. The fourth-order valence-electron chi connectivity index (χ4n) is 1.35. The lowest BCUT2D eigenvalue weighted by Crippen LogP contribution is -2.18. The molecule has 0 fully saturated rings. The molecule has 0 saturated carbocycles. The molecule has 17 heavy (non-hydrogen) atoms. The lowest BCUT2D eigenvalue weighted by molar-refractivity contribution is -0.131. The number of ether oxygens (including phenoxy) is 1. The van der Waals surface area contributed by atoms with Crippen molar-refractivity contribution in [2.45, 2.75) is 12.2 Å². The second-order valence-corrected chi connectivity index (χ2v) is 3.43. The molecule has 0 radical (unpaired) electrons. The summed E-state index contributed by atoms with van der Waals surface area (Å²) in [5, 5.41) is 27.5. The molecule has 92 valence electrons. The monoisotopic (exact) mass is 238 g/mol. The van der Waals surface area contributed by atoms with Crippen molar-refractivity contribution >= 4 is 5.97 Å². The summed E-state index contributed by atoms with van der Waals surface area (Å²) < 4.78 is 4.98. The zero-order valence-corrected chi connectivity index (χ0v) is 9.28. The van der Waals surface area contributed by atoms with Crippen LogP contribution in [0.3, 0.4) is 0 Å². The minimum Gasteiger partial charge on any atom is -0.508 e. The molecule has 0 aliphatic heterocycles. The highest BCUT2D eigenvalue weighted by molar-refractivity contribution is 5.79. The minimum absolute atomic E-state index is 0.0935. The summed E-state index contributed by atoms with van der Waals surface area (Å²) in [7, 11) is 1.38. The summed E-state index contributed by atoms with van der Waals surface area (Å²) in [6, 6.07) is 5.96. The Bertz CT molecular complexity index is 396. The summed E-state index contributed by atoms with van der Waals surface area (Å²) in [4.78, 5) is 10.4. The molecule has 2 atom stereocenters. The van der Waals surface area contributed by atoms with Gasteiger partial charge in [-0.05, 0) is 23.8 Å². The third-order valence-electron chi connectivity index (χ3n) is 2.25. The molecule has 3 N–H and O–H groups in total. The summed E-state index contributed by atoms with van der Waals surface area (Å²) in [5.41, 5.74) is 0.532. The predicted octanol–water partition coefficient (Wildman–Crippen LogP) is 1.08. The molecule has 1 aromatic carbocycles.